The molecule has 3 N–H and O–H groups in total. The molecule has 1 amide bonds. The van der Waals surface area contributed by atoms with Gasteiger partial charge in [0, 0.05) is 22.9 Å². The Balaban J connectivity index is 1.99. The molecule has 2 atom stereocenters. The van der Waals surface area contributed by atoms with Crippen LogP contribution in [0.15, 0.2) is 18.2 Å². The number of benzene rings is 1. The van der Waals surface area contributed by atoms with Crippen LogP contribution in [0.5, 0.6) is 11.5 Å². The first-order valence-corrected chi connectivity index (χ1v) is 7.24. The highest BCUT2D eigenvalue weighted by molar-refractivity contribution is 7.99. The van der Waals surface area contributed by atoms with Crippen LogP contribution in [0, 0.1) is 0 Å². The average Bonchev–Trinajstić information content (AvgIpc) is 2.75. The molecular formula is C13H17NO3S. The van der Waals surface area contributed by atoms with E-state index in [4.69, 9.17) is 0 Å². The number of phenolic OH excluding ortho intramolecular Hbond substituents is 2. The minimum Gasteiger partial charge on any atom is -0.508 e. The van der Waals surface area contributed by atoms with E-state index in [2.05, 4.69) is 11.6 Å². The molecule has 18 heavy (non-hydrogen) atoms. The summed E-state index contributed by atoms with van der Waals surface area (Å²) in [7, 11) is 0. The highest BCUT2D eigenvalue weighted by atomic mass is 32.2. The van der Waals surface area contributed by atoms with Crippen molar-refractivity contribution >= 4 is 17.7 Å². The Kier molecular flexibility index (Phi) is 4.01. The molecule has 1 aliphatic carbocycles. The normalized spacial score (nSPS) is 22.9. The summed E-state index contributed by atoms with van der Waals surface area (Å²) in [6, 6.07) is 4.11. The molecule has 1 saturated carbocycles. The van der Waals surface area contributed by atoms with Crippen LogP contribution in [0.4, 0.5) is 0 Å². The van der Waals surface area contributed by atoms with Crippen LogP contribution in [0.1, 0.15) is 29.6 Å². The number of rotatable bonds is 3. The van der Waals surface area contributed by atoms with Crippen molar-refractivity contribution in [3.8, 4) is 11.5 Å². The first-order valence-electron chi connectivity index (χ1n) is 5.95. The number of amides is 1. The monoisotopic (exact) mass is 267 g/mol. The first kappa shape index (κ1) is 13.1. The Labute approximate surface area is 110 Å². The van der Waals surface area contributed by atoms with Crippen molar-refractivity contribution in [2.75, 3.05) is 6.26 Å². The summed E-state index contributed by atoms with van der Waals surface area (Å²) >= 11 is 1.83. The van der Waals surface area contributed by atoms with E-state index in [-0.39, 0.29) is 23.4 Å². The van der Waals surface area contributed by atoms with Gasteiger partial charge in [0.05, 0.1) is 0 Å². The van der Waals surface area contributed by atoms with Gasteiger partial charge in [-0.05, 0) is 37.7 Å². The maximum Gasteiger partial charge on any atom is 0.251 e. The van der Waals surface area contributed by atoms with Crippen molar-refractivity contribution in [2.45, 2.75) is 30.6 Å². The van der Waals surface area contributed by atoms with E-state index in [0.717, 1.165) is 19.3 Å². The van der Waals surface area contributed by atoms with Crippen molar-refractivity contribution in [3.63, 3.8) is 0 Å². The third kappa shape index (κ3) is 3.10. The van der Waals surface area contributed by atoms with Gasteiger partial charge in [0.2, 0.25) is 0 Å². The quantitative estimate of drug-likeness (QED) is 0.784. The highest BCUT2D eigenvalue weighted by Gasteiger charge is 2.25. The number of carbonyl (C=O) groups excluding carboxylic acids is 1. The van der Waals surface area contributed by atoms with E-state index in [9.17, 15) is 15.0 Å². The van der Waals surface area contributed by atoms with Crippen LogP contribution >= 0.6 is 11.8 Å². The molecule has 2 rings (SSSR count). The summed E-state index contributed by atoms with van der Waals surface area (Å²) in [5, 5.41) is 22.2. The second-order valence-electron chi connectivity index (χ2n) is 4.58. The Morgan fingerprint density at radius 2 is 1.94 bits per heavy atom. The van der Waals surface area contributed by atoms with Gasteiger partial charge in [-0.3, -0.25) is 4.79 Å². The number of carbonyl (C=O) groups is 1. The van der Waals surface area contributed by atoms with E-state index < -0.39 is 0 Å². The molecule has 98 valence electrons. The molecule has 0 spiro atoms. The number of hydrogen-bond acceptors (Lipinski definition) is 4. The van der Waals surface area contributed by atoms with E-state index in [1.807, 2.05) is 11.8 Å². The average molecular weight is 267 g/mol. The SMILES string of the molecule is CSC1CCC(NC(=O)c2cc(O)cc(O)c2)C1. The zero-order valence-corrected chi connectivity index (χ0v) is 11.0. The predicted octanol–water partition coefficient (Wildman–Crippen LogP) is 2.11. The number of thioether (sulfide) groups is 1. The zero-order valence-electron chi connectivity index (χ0n) is 10.2. The second-order valence-corrected chi connectivity index (χ2v) is 5.72. The lowest BCUT2D eigenvalue weighted by Crippen LogP contribution is -2.33. The molecule has 4 nitrogen and oxygen atoms in total. The van der Waals surface area contributed by atoms with Crippen molar-refractivity contribution in [3.05, 3.63) is 23.8 Å². The van der Waals surface area contributed by atoms with Crippen molar-refractivity contribution in [1.82, 2.24) is 5.32 Å². The Morgan fingerprint density at radius 3 is 2.50 bits per heavy atom. The van der Waals surface area contributed by atoms with Crippen LogP contribution < -0.4 is 5.32 Å². The van der Waals surface area contributed by atoms with Crippen molar-refractivity contribution in [1.29, 1.82) is 0 Å². The largest absolute Gasteiger partial charge is 0.508 e. The molecular weight excluding hydrogens is 250 g/mol. The van der Waals surface area contributed by atoms with Crippen molar-refractivity contribution in [2.24, 2.45) is 0 Å². The summed E-state index contributed by atoms with van der Waals surface area (Å²) in [5.41, 5.74) is 0.292. The first-order chi connectivity index (χ1) is 8.58. The standard InChI is InChI=1S/C13H17NO3S/c1-18-12-3-2-9(6-12)14-13(17)8-4-10(15)7-11(16)5-8/h4-5,7,9,12,15-16H,2-3,6H2,1H3,(H,14,17). The van der Waals surface area contributed by atoms with Crippen LogP contribution in [-0.2, 0) is 0 Å². The molecule has 0 bridgehead atoms. The van der Waals surface area contributed by atoms with Gasteiger partial charge in [0.15, 0.2) is 0 Å². The second kappa shape index (κ2) is 5.52. The Hall–Kier alpha value is -1.36. The summed E-state index contributed by atoms with van der Waals surface area (Å²) in [5.74, 6) is -0.449. The van der Waals surface area contributed by atoms with E-state index in [1.165, 1.54) is 18.2 Å². The van der Waals surface area contributed by atoms with Gasteiger partial charge in [-0.1, -0.05) is 0 Å². The summed E-state index contributed by atoms with van der Waals surface area (Å²) in [6.07, 6.45) is 5.18. The van der Waals surface area contributed by atoms with Gasteiger partial charge >= 0.3 is 0 Å². The van der Waals surface area contributed by atoms with Crippen molar-refractivity contribution < 1.29 is 15.0 Å². The molecule has 0 aliphatic heterocycles. The lowest BCUT2D eigenvalue weighted by molar-refractivity contribution is 0.0937. The summed E-state index contributed by atoms with van der Waals surface area (Å²) in [6.45, 7) is 0. The fourth-order valence-corrected chi connectivity index (χ4v) is 3.08. The molecule has 5 heteroatoms. The fourth-order valence-electron chi connectivity index (χ4n) is 2.28. The predicted molar refractivity (Wildman–Crippen MR) is 72.2 cm³/mol. The molecule has 1 aliphatic rings. The van der Waals surface area contributed by atoms with Gasteiger partial charge < -0.3 is 15.5 Å². The molecule has 0 aromatic heterocycles. The lowest BCUT2D eigenvalue weighted by atomic mass is 10.1. The molecule has 2 unspecified atom stereocenters. The highest BCUT2D eigenvalue weighted by Crippen LogP contribution is 2.28. The fraction of sp³-hybridized carbons (Fsp3) is 0.462. The number of hydrogen-bond donors (Lipinski definition) is 3. The maximum atomic E-state index is 12.0. The third-order valence-electron chi connectivity index (χ3n) is 3.22. The molecule has 0 radical (unpaired) electrons. The molecule has 1 aromatic rings. The zero-order chi connectivity index (χ0) is 13.1. The van der Waals surface area contributed by atoms with E-state index in [1.54, 1.807) is 0 Å². The number of nitrogens with one attached hydrogen (secondary N) is 1. The number of phenols is 2. The molecule has 1 fully saturated rings. The van der Waals surface area contributed by atoms with Gasteiger partial charge in [-0.15, -0.1) is 0 Å². The molecule has 0 heterocycles. The van der Waals surface area contributed by atoms with Crippen LogP contribution in [0.3, 0.4) is 0 Å². The minimum atomic E-state index is -0.243. The van der Waals surface area contributed by atoms with Gasteiger partial charge in [0.25, 0.3) is 5.91 Å². The topological polar surface area (TPSA) is 69.6 Å². The van der Waals surface area contributed by atoms with E-state index in [0.29, 0.717) is 10.8 Å². The van der Waals surface area contributed by atoms with E-state index >= 15 is 0 Å². The lowest BCUT2D eigenvalue weighted by Gasteiger charge is -2.13. The Morgan fingerprint density at radius 1 is 1.28 bits per heavy atom. The smallest absolute Gasteiger partial charge is 0.251 e. The van der Waals surface area contributed by atoms with Crippen LogP contribution in [0.25, 0.3) is 0 Å². The third-order valence-corrected chi connectivity index (χ3v) is 4.31. The molecule has 1 aromatic carbocycles. The van der Waals surface area contributed by atoms with Gasteiger partial charge in [-0.2, -0.15) is 11.8 Å². The van der Waals surface area contributed by atoms with Gasteiger partial charge in [-0.25, -0.2) is 0 Å². The number of aromatic hydroxyl groups is 2. The Bertz CT molecular complexity index is 430. The van der Waals surface area contributed by atoms with Gasteiger partial charge in [0.1, 0.15) is 11.5 Å². The molecule has 0 saturated heterocycles. The summed E-state index contributed by atoms with van der Waals surface area (Å²) < 4.78 is 0. The van der Waals surface area contributed by atoms with Crippen LogP contribution in [-0.4, -0.2) is 33.7 Å². The van der Waals surface area contributed by atoms with Crippen LogP contribution in [0.2, 0.25) is 0 Å². The minimum absolute atomic E-state index is 0.103. The maximum absolute atomic E-state index is 12.0. The summed E-state index contributed by atoms with van der Waals surface area (Å²) in [4.78, 5) is 12.0.